The molecule has 50 heavy (non-hydrogen) atoms. The van der Waals surface area contributed by atoms with Crippen molar-refractivity contribution in [1.82, 2.24) is 9.55 Å². The molecule has 0 bridgehead atoms. The van der Waals surface area contributed by atoms with Crippen LogP contribution < -0.4 is 9.47 Å². The van der Waals surface area contributed by atoms with E-state index < -0.39 is 0 Å². The van der Waals surface area contributed by atoms with Gasteiger partial charge in [0, 0.05) is 11.9 Å². The van der Waals surface area contributed by atoms with E-state index in [0.717, 1.165) is 16.9 Å². The number of para-hydroxylation sites is 2. The number of imidazole rings is 1. The Morgan fingerprint density at radius 2 is 1.44 bits per heavy atom. The summed E-state index contributed by atoms with van der Waals surface area (Å²) in [6, 6.07) is 36.3. The molecule has 0 unspecified atom stereocenters. The number of rotatable bonds is 4. The van der Waals surface area contributed by atoms with Crippen LogP contribution in [0.3, 0.4) is 0 Å². The van der Waals surface area contributed by atoms with E-state index in [1.54, 1.807) is 6.20 Å². The molecule has 2 aromatic heterocycles. The van der Waals surface area contributed by atoms with E-state index in [0.29, 0.717) is 11.8 Å². The number of pyridine rings is 1. The van der Waals surface area contributed by atoms with Crippen LogP contribution in [-0.4, -0.2) is 16.6 Å². The quantitative estimate of drug-likeness (QED) is 0.131. The summed E-state index contributed by atoms with van der Waals surface area (Å²) in [6.45, 7) is 18.8. The molecular weight excluding hydrogens is 789 g/mol. The van der Waals surface area contributed by atoms with Crippen LogP contribution in [0.2, 0.25) is 0 Å². The molecule has 1 aliphatic carbocycles. The molecule has 0 spiro atoms. The van der Waals surface area contributed by atoms with Gasteiger partial charge in [0.2, 0.25) is 0 Å². The normalized spacial score (nSPS) is 15.2. The van der Waals surface area contributed by atoms with E-state index in [1.165, 1.54) is 63.2 Å². The zero-order chi connectivity index (χ0) is 34.7. The van der Waals surface area contributed by atoms with Crippen molar-refractivity contribution >= 4 is 22.4 Å². The Balaban J connectivity index is 0.000000281. The molecule has 0 fully saturated rings. The maximum absolute atomic E-state index is 4.22. The first kappa shape index (κ1) is 35.8. The van der Waals surface area contributed by atoms with Gasteiger partial charge in [-0.3, -0.25) is 4.57 Å². The number of hydrogen-bond acceptors (Lipinski definition) is 2. The van der Waals surface area contributed by atoms with E-state index in [9.17, 15) is 0 Å². The van der Waals surface area contributed by atoms with Crippen molar-refractivity contribution in [3.05, 3.63) is 132 Å². The van der Waals surface area contributed by atoms with Gasteiger partial charge in [-0.05, 0) is 65.4 Å². The number of anilines is 2. The van der Waals surface area contributed by atoms with Crippen molar-refractivity contribution in [1.29, 1.82) is 0 Å². The van der Waals surface area contributed by atoms with E-state index >= 15 is 0 Å². The molecule has 0 saturated carbocycles. The molecule has 256 valence electrons. The van der Waals surface area contributed by atoms with Crippen LogP contribution in [0.1, 0.15) is 102 Å². The molecule has 0 radical (unpaired) electrons. The van der Waals surface area contributed by atoms with Crippen molar-refractivity contribution < 1.29 is 24.7 Å². The van der Waals surface area contributed by atoms with Gasteiger partial charge in [0.1, 0.15) is 5.52 Å². The summed E-state index contributed by atoms with van der Waals surface area (Å²) in [5.41, 5.74) is 15.2. The fourth-order valence-corrected chi connectivity index (χ4v) is 7.83. The zero-order valence-corrected chi connectivity index (χ0v) is 33.2. The number of nitrogens with zero attached hydrogens (tertiary/aromatic N) is 4. The molecule has 6 aromatic rings. The predicted octanol–water partition coefficient (Wildman–Crippen LogP) is 10.7. The summed E-state index contributed by atoms with van der Waals surface area (Å²) in [5.74, 6) is 0.829. The first-order valence-electron chi connectivity index (χ1n) is 17.7. The van der Waals surface area contributed by atoms with Crippen LogP contribution in [-0.2, 0) is 30.9 Å². The Labute approximate surface area is 312 Å². The first-order valence-corrected chi connectivity index (χ1v) is 17.7. The summed E-state index contributed by atoms with van der Waals surface area (Å²) >= 11 is 0. The standard InChI is InChI=1S/C34H40N3.C11H8N.Ir/c1-21(2)23-12-10-13-24(22(3)4)30(23)36-20-37-28-17-16-25-29(34(7,8)19-18-33(25,5)6)32(28)35(9)26-14-11-15-27(36)31(26)37;1-2-6-10(7-3-1)11-8-4-5-9-12-11;/h10-16,21-22H,18-19H2,1-9H3;1-6,8-9H;/q2*-1;+3. The minimum absolute atomic E-state index is 0. The molecule has 0 N–H and O–H groups in total. The summed E-state index contributed by atoms with van der Waals surface area (Å²) in [4.78, 5) is 6.64. The molecule has 0 amide bonds. The largest absolute Gasteiger partial charge is 3.00 e. The minimum Gasteiger partial charge on any atom is -0.404 e. The van der Waals surface area contributed by atoms with Crippen LogP contribution in [0.5, 0.6) is 0 Å². The molecular formula is C45H48IrN4+. The third-order valence-corrected chi connectivity index (χ3v) is 10.7. The molecule has 8 rings (SSSR count). The molecule has 1 aliphatic heterocycles. The molecule has 4 aromatic carbocycles. The maximum Gasteiger partial charge on any atom is 3.00 e. The van der Waals surface area contributed by atoms with Crippen molar-refractivity contribution in [2.45, 2.75) is 90.9 Å². The number of hydrogen-bond donors (Lipinski definition) is 0. The second kappa shape index (κ2) is 13.6. The molecule has 3 heterocycles. The fraction of sp³-hybridized carbons (Fsp3) is 0.333. The second-order valence-corrected chi connectivity index (χ2v) is 15.6. The summed E-state index contributed by atoms with van der Waals surface area (Å²) in [5, 5.41) is 0. The Morgan fingerprint density at radius 1 is 0.760 bits per heavy atom. The topological polar surface area (TPSA) is 24.9 Å². The van der Waals surface area contributed by atoms with Crippen molar-refractivity contribution in [3.8, 4) is 22.6 Å². The Hall–Kier alpha value is -4.05. The van der Waals surface area contributed by atoms with E-state index in [-0.39, 0.29) is 30.9 Å². The van der Waals surface area contributed by atoms with Crippen molar-refractivity contribution in [2.75, 3.05) is 11.9 Å². The monoisotopic (exact) mass is 837 g/mol. The third kappa shape index (κ3) is 6.03. The van der Waals surface area contributed by atoms with Crippen LogP contribution in [0.4, 0.5) is 11.4 Å². The van der Waals surface area contributed by atoms with Gasteiger partial charge < -0.3 is 14.5 Å². The third-order valence-electron chi connectivity index (χ3n) is 10.7. The van der Waals surface area contributed by atoms with Crippen molar-refractivity contribution in [3.63, 3.8) is 0 Å². The predicted molar refractivity (Wildman–Crippen MR) is 203 cm³/mol. The molecule has 2 aliphatic rings. The summed E-state index contributed by atoms with van der Waals surface area (Å²) in [7, 11) is 2.24. The van der Waals surface area contributed by atoms with Crippen LogP contribution in [0.15, 0.2) is 91.1 Å². The fourth-order valence-electron chi connectivity index (χ4n) is 7.83. The van der Waals surface area contributed by atoms with E-state index in [2.05, 4.69) is 142 Å². The van der Waals surface area contributed by atoms with Gasteiger partial charge in [0.25, 0.3) is 6.33 Å². The van der Waals surface area contributed by atoms with Gasteiger partial charge in [0.05, 0.1) is 11.2 Å². The Kier molecular flexibility index (Phi) is 9.72. The Morgan fingerprint density at radius 3 is 2.08 bits per heavy atom. The average molecular weight is 837 g/mol. The van der Waals surface area contributed by atoms with Crippen LogP contribution >= 0.6 is 0 Å². The summed E-state index contributed by atoms with van der Waals surface area (Å²) < 4.78 is 4.62. The SMILES string of the molecule is CC(C)c1cccc(C(C)C)c1-n1[c-][n+]2c3c(cccc31)N(C)c1c-2[c-]cc2c1C(C)(C)CCC2(C)C.[Ir+3].[c-]1ccccc1-c1ccccn1. The molecule has 4 nitrogen and oxygen atoms in total. The van der Waals surface area contributed by atoms with E-state index in [4.69, 9.17) is 0 Å². The van der Waals surface area contributed by atoms with E-state index in [1.807, 2.05) is 42.5 Å². The maximum atomic E-state index is 4.22. The van der Waals surface area contributed by atoms with Gasteiger partial charge in [-0.15, -0.1) is 47.0 Å². The zero-order valence-electron chi connectivity index (χ0n) is 30.9. The molecule has 0 atom stereocenters. The van der Waals surface area contributed by atoms with Crippen LogP contribution in [0.25, 0.3) is 33.7 Å². The van der Waals surface area contributed by atoms with Gasteiger partial charge in [-0.2, -0.15) is 12.1 Å². The van der Waals surface area contributed by atoms with Gasteiger partial charge in [0.15, 0.2) is 0 Å². The molecule has 5 heteroatoms. The van der Waals surface area contributed by atoms with Gasteiger partial charge >= 0.3 is 20.1 Å². The average Bonchev–Trinajstić information content (AvgIpc) is 3.49. The van der Waals surface area contributed by atoms with Gasteiger partial charge in [-0.1, -0.05) is 115 Å². The number of benzene rings is 4. The number of aromatic nitrogens is 3. The first-order chi connectivity index (χ1) is 23.4. The Bertz CT molecular complexity index is 2080. The van der Waals surface area contributed by atoms with Crippen LogP contribution in [0, 0.1) is 18.5 Å². The molecule has 0 saturated heterocycles. The smallest absolute Gasteiger partial charge is 0.404 e. The van der Waals surface area contributed by atoms with Gasteiger partial charge in [-0.25, -0.2) is 0 Å². The summed E-state index contributed by atoms with van der Waals surface area (Å²) in [6.07, 6.45) is 8.02. The van der Waals surface area contributed by atoms with Crippen molar-refractivity contribution in [2.24, 2.45) is 0 Å². The minimum atomic E-state index is 0. The number of fused-ring (bicyclic) bond motifs is 4. The second-order valence-electron chi connectivity index (χ2n) is 15.6.